The number of hydrogen-bond donors (Lipinski definition) is 1. The van der Waals surface area contributed by atoms with E-state index < -0.39 is 11.9 Å². The molecule has 33 heavy (non-hydrogen) atoms. The third-order valence-corrected chi connectivity index (χ3v) is 5.08. The highest BCUT2D eigenvalue weighted by atomic mass is 16.5. The lowest BCUT2D eigenvalue weighted by Gasteiger charge is -2.11. The normalized spacial score (nSPS) is 10.5. The van der Waals surface area contributed by atoms with Gasteiger partial charge in [-0.2, -0.15) is 0 Å². The summed E-state index contributed by atoms with van der Waals surface area (Å²) in [6, 6.07) is 27.6. The van der Waals surface area contributed by atoms with Gasteiger partial charge in [-0.3, -0.25) is 4.79 Å². The molecule has 0 saturated heterocycles. The number of amides is 1. The molecule has 4 aromatic rings. The van der Waals surface area contributed by atoms with Crippen molar-refractivity contribution in [3.05, 3.63) is 108 Å². The van der Waals surface area contributed by atoms with Crippen molar-refractivity contribution in [3.8, 4) is 17.2 Å². The SMILES string of the molecule is Cc1ccc(C)n1-c1ccc(C(=O)OCC(=O)Nc2ccc(Oc3ccccc3)cc2)cc1. The number of esters is 1. The van der Waals surface area contributed by atoms with Crippen molar-refractivity contribution >= 4 is 17.6 Å². The zero-order valence-electron chi connectivity index (χ0n) is 18.4. The number of nitrogens with zero attached hydrogens (tertiary/aromatic N) is 1. The molecule has 0 unspecified atom stereocenters. The molecule has 1 N–H and O–H groups in total. The molecule has 0 radical (unpaired) electrons. The van der Waals surface area contributed by atoms with Crippen LogP contribution in [-0.4, -0.2) is 23.1 Å². The van der Waals surface area contributed by atoms with Crippen LogP contribution < -0.4 is 10.1 Å². The first-order chi connectivity index (χ1) is 16.0. The lowest BCUT2D eigenvalue weighted by atomic mass is 10.2. The number of ether oxygens (including phenoxy) is 2. The Hall–Kier alpha value is -4.32. The van der Waals surface area contributed by atoms with Crippen LogP contribution in [0.2, 0.25) is 0 Å². The molecule has 6 heteroatoms. The Morgan fingerprint density at radius 1 is 0.758 bits per heavy atom. The number of aryl methyl sites for hydroxylation is 2. The summed E-state index contributed by atoms with van der Waals surface area (Å²) < 4.78 is 13.0. The predicted octanol–water partition coefficient (Wildman–Crippen LogP) is 5.68. The third-order valence-electron chi connectivity index (χ3n) is 5.08. The number of hydrogen-bond acceptors (Lipinski definition) is 4. The van der Waals surface area contributed by atoms with Crippen LogP contribution in [0, 0.1) is 13.8 Å². The maximum Gasteiger partial charge on any atom is 0.338 e. The molecule has 0 bridgehead atoms. The number of para-hydroxylation sites is 1. The van der Waals surface area contributed by atoms with Gasteiger partial charge in [-0.25, -0.2) is 4.79 Å². The number of anilines is 1. The molecule has 1 aromatic heterocycles. The van der Waals surface area contributed by atoms with Gasteiger partial charge < -0.3 is 19.4 Å². The van der Waals surface area contributed by atoms with Gasteiger partial charge >= 0.3 is 5.97 Å². The zero-order chi connectivity index (χ0) is 23.2. The second-order valence-corrected chi connectivity index (χ2v) is 7.56. The maximum absolute atomic E-state index is 12.3. The molecule has 166 valence electrons. The van der Waals surface area contributed by atoms with Gasteiger partial charge in [0, 0.05) is 22.8 Å². The van der Waals surface area contributed by atoms with Crippen LogP contribution in [0.15, 0.2) is 91.0 Å². The minimum absolute atomic E-state index is 0.376. The van der Waals surface area contributed by atoms with Gasteiger partial charge in [-0.1, -0.05) is 18.2 Å². The fourth-order valence-corrected chi connectivity index (χ4v) is 3.46. The third kappa shape index (κ3) is 5.49. The highest BCUT2D eigenvalue weighted by Gasteiger charge is 2.12. The number of rotatable bonds is 7. The van der Waals surface area contributed by atoms with Crippen LogP contribution in [0.25, 0.3) is 5.69 Å². The van der Waals surface area contributed by atoms with E-state index in [0.29, 0.717) is 17.0 Å². The summed E-state index contributed by atoms with van der Waals surface area (Å²) in [5.41, 5.74) is 4.15. The van der Waals surface area contributed by atoms with Crippen LogP contribution in [0.1, 0.15) is 21.7 Å². The van der Waals surface area contributed by atoms with E-state index in [1.165, 1.54) is 0 Å². The molecule has 4 rings (SSSR count). The van der Waals surface area contributed by atoms with Gasteiger partial charge in [-0.15, -0.1) is 0 Å². The highest BCUT2D eigenvalue weighted by molar-refractivity contribution is 5.95. The summed E-state index contributed by atoms with van der Waals surface area (Å²) >= 11 is 0. The summed E-state index contributed by atoms with van der Waals surface area (Å²) in [4.78, 5) is 24.5. The molecule has 0 aliphatic carbocycles. The van der Waals surface area contributed by atoms with Crippen molar-refractivity contribution in [1.82, 2.24) is 4.57 Å². The average Bonchev–Trinajstić information content (AvgIpc) is 3.17. The Labute approximate surface area is 192 Å². The molecule has 0 aliphatic heterocycles. The van der Waals surface area contributed by atoms with Crippen LogP contribution in [-0.2, 0) is 9.53 Å². The largest absolute Gasteiger partial charge is 0.457 e. The predicted molar refractivity (Wildman–Crippen MR) is 127 cm³/mol. The molecular formula is C27H24N2O4. The topological polar surface area (TPSA) is 69.6 Å². The summed E-state index contributed by atoms with van der Waals surface area (Å²) in [5, 5.41) is 2.70. The quantitative estimate of drug-likeness (QED) is 0.375. The molecule has 0 aliphatic rings. The lowest BCUT2D eigenvalue weighted by molar-refractivity contribution is -0.119. The van der Waals surface area contributed by atoms with Crippen LogP contribution in [0.4, 0.5) is 5.69 Å². The average molecular weight is 440 g/mol. The van der Waals surface area contributed by atoms with Crippen LogP contribution in [0.5, 0.6) is 11.5 Å². The van der Waals surface area contributed by atoms with E-state index in [9.17, 15) is 9.59 Å². The summed E-state index contributed by atoms with van der Waals surface area (Å²) in [6.45, 7) is 3.67. The molecule has 6 nitrogen and oxygen atoms in total. The summed E-state index contributed by atoms with van der Waals surface area (Å²) in [7, 11) is 0. The first-order valence-electron chi connectivity index (χ1n) is 10.5. The Kier molecular flexibility index (Phi) is 6.55. The summed E-state index contributed by atoms with van der Waals surface area (Å²) in [5.74, 6) is 0.409. The van der Waals surface area contributed by atoms with E-state index in [1.54, 1.807) is 36.4 Å². The van der Waals surface area contributed by atoms with Gasteiger partial charge in [0.1, 0.15) is 11.5 Å². The molecule has 0 spiro atoms. The summed E-state index contributed by atoms with van der Waals surface area (Å²) in [6.07, 6.45) is 0. The van der Waals surface area contributed by atoms with Crippen molar-refractivity contribution < 1.29 is 19.1 Å². The standard InChI is InChI=1S/C27H24N2O4/c1-19-8-9-20(2)29(19)23-14-10-21(11-15-23)27(31)32-18-26(30)28-22-12-16-25(17-13-22)33-24-6-4-3-5-7-24/h3-17H,18H2,1-2H3,(H,28,30). The van der Waals surface area contributed by atoms with Gasteiger partial charge in [0.05, 0.1) is 5.56 Å². The van der Waals surface area contributed by atoms with Gasteiger partial charge in [0.15, 0.2) is 6.61 Å². The van der Waals surface area contributed by atoms with Crippen LogP contribution >= 0.6 is 0 Å². The lowest BCUT2D eigenvalue weighted by Crippen LogP contribution is -2.20. The molecule has 0 saturated carbocycles. The minimum atomic E-state index is -0.552. The van der Waals surface area contributed by atoms with Crippen molar-refractivity contribution in [2.24, 2.45) is 0 Å². The van der Waals surface area contributed by atoms with Gasteiger partial charge in [0.25, 0.3) is 5.91 Å². The highest BCUT2D eigenvalue weighted by Crippen LogP contribution is 2.22. The Morgan fingerprint density at radius 2 is 1.36 bits per heavy atom. The minimum Gasteiger partial charge on any atom is -0.457 e. The maximum atomic E-state index is 12.3. The Morgan fingerprint density at radius 3 is 2.00 bits per heavy atom. The number of carbonyl (C=O) groups excluding carboxylic acids is 2. The van der Waals surface area contributed by atoms with E-state index in [0.717, 1.165) is 22.8 Å². The van der Waals surface area contributed by atoms with Crippen molar-refractivity contribution in [2.75, 3.05) is 11.9 Å². The fourth-order valence-electron chi connectivity index (χ4n) is 3.46. The number of benzene rings is 3. The number of carbonyl (C=O) groups is 2. The molecule has 0 fully saturated rings. The van der Waals surface area contributed by atoms with Crippen LogP contribution in [0.3, 0.4) is 0 Å². The Bertz CT molecular complexity index is 1220. The number of aromatic nitrogens is 1. The van der Waals surface area contributed by atoms with E-state index >= 15 is 0 Å². The van der Waals surface area contributed by atoms with Gasteiger partial charge in [-0.05, 0) is 86.6 Å². The molecule has 0 atom stereocenters. The Balaban J connectivity index is 1.28. The molecule has 1 heterocycles. The smallest absolute Gasteiger partial charge is 0.338 e. The first-order valence-corrected chi connectivity index (χ1v) is 10.5. The van der Waals surface area contributed by atoms with E-state index in [4.69, 9.17) is 9.47 Å². The van der Waals surface area contributed by atoms with E-state index in [2.05, 4.69) is 9.88 Å². The second kappa shape index (κ2) is 9.87. The number of nitrogens with one attached hydrogen (secondary N) is 1. The molecule has 3 aromatic carbocycles. The molecule has 1 amide bonds. The molecular weight excluding hydrogens is 416 g/mol. The first kappa shape index (κ1) is 21.9. The van der Waals surface area contributed by atoms with Crippen molar-refractivity contribution in [1.29, 1.82) is 0 Å². The van der Waals surface area contributed by atoms with E-state index in [1.807, 2.05) is 68.4 Å². The fraction of sp³-hybridized carbons (Fsp3) is 0.111. The van der Waals surface area contributed by atoms with Gasteiger partial charge in [0.2, 0.25) is 0 Å². The van der Waals surface area contributed by atoms with Crippen molar-refractivity contribution in [3.63, 3.8) is 0 Å². The zero-order valence-corrected chi connectivity index (χ0v) is 18.4. The monoisotopic (exact) mass is 440 g/mol. The van der Waals surface area contributed by atoms with Crippen molar-refractivity contribution in [2.45, 2.75) is 13.8 Å². The van der Waals surface area contributed by atoms with E-state index in [-0.39, 0.29) is 6.61 Å². The second-order valence-electron chi connectivity index (χ2n) is 7.56.